The number of aryl methyl sites for hydroxylation is 2. The van der Waals surface area contributed by atoms with Gasteiger partial charge in [-0.05, 0) is 90.9 Å². The van der Waals surface area contributed by atoms with E-state index in [4.69, 9.17) is 4.74 Å². The predicted octanol–water partition coefficient (Wildman–Crippen LogP) is 4.08. The molecule has 2 aromatic rings. The van der Waals surface area contributed by atoms with Crippen molar-refractivity contribution in [3.8, 4) is 5.75 Å². The minimum atomic E-state index is -3.62. The van der Waals surface area contributed by atoms with Crippen LogP contribution in [-0.2, 0) is 14.8 Å². The Morgan fingerprint density at radius 2 is 1.72 bits per heavy atom. The van der Waals surface area contributed by atoms with Crippen molar-refractivity contribution < 1.29 is 17.9 Å². The lowest BCUT2D eigenvalue weighted by Crippen LogP contribution is -2.41. The molecule has 1 aromatic carbocycles. The highest BCUT2D eigenvalue weighted by atomic mass is 79.9. The molecule has 29 heavy (non-hydrogen) atoms. The number of hydrogen-bond donors (Lipinski definition) is 0. The van der Waals surface area contributed by atoms with E-state index in [0.29, 0.717) is 41.2 Å². The van der Waals surface area contributed by atoms with Crippen LogP contribution in [0.3, 0.4) is 0 Å². The average Bonchev–Trinajstić information content (AvgIpc) is 2.68. The van der Waals surface area contributed by atoms with Crippen molar-refractivity contribution in [2.45, 2.75) is 45.4 Å². The van der Waals surface area contributed by atoms with Gasteiger partial charge in [0.2, 0.25) is 10.0 Å². The van der Waals surface area contributed by atoms with Crippen LogP contribution in [0.15, 0.2) is 33.9 Å². The quantitative estimate of drug-likeness (QED) is 0.486. The van der Waals surface area contributed by atoms with Gasteiger partial charge in [-0.25, -0.2) is 13.4 Å². The van der Waals surface area contributed by atoms with Gasteiger partial charge in [-0.1, -0.05) is 6.07 Å². The number of rotatable bonds is 4. The molecule has 156 valence electrons. The van der Waals surface area contributed by atoms with Gasteiger partial charge in [-0.3, -0.25) is 4.79 Å². The maximum Gasteiger partial charge on any atom is 0.314 e. The molecular formula is C21H25BrN2O4S. The number of halogens is 1. The molecule has 1 aromatic heterocycles. The molecule has 0 N–H and O–H groups in total. The molecule has 1 aliphatic heterocycles. The minimum absolute atomic E-state index is 0.294. The fourth-order valence-electron chi connectivity index (χ4n) is 3.67. The van der Waals surface area contributed by atoms with Crippen molar-refractivity contribution in [1.82, 2.24) is 9.29 Å². The van der Waals surface area contributed by atoms with Gasteiger partial charge in [0, 0.05) is 19.3 Å². The number of ether oxygens (including phenoxy) is 1. The van der Waals surface area contributed by atoms with Gasteiger partial charge >= 0.3 is 5.97 Å². The molecule has 0 amide bonds. The summed E-state index contributed by atoms with van der Waals surface area (Å²) in [6, 6.07) is 5.37. The highest BCUT2D eigenvalue weighted by Crippen LogP contribution is 2.32. The molecule has 0 atom stereocenters. The second kappa shape index (κ2) is 8.53. The number of nitrogens with zero attached hydrogens (tertiary/aromatic N) is 2. The monoisotopic (exact) mass is 480 g/mol. The lowest BCUT2D eigenvalue weighted by atomic mass is 9.98. The molecule has 0 unspecified atom stereocenters. The van der Waals surface area contributed by atoms with Crippen molar-refractivity contribution in [1.29, 1.82) is 0 Å². The highest BCUT2D eigenvalue weighted by Gasteiger charge is 2.35. The Balaban J connectivity index is 1.74. The number of aromatic nitrogens is 1. The molecule has 3 rings (SSSR count). The summed E-state index contributed by atoms with van der Waals surface area (Å²) in [7, 11) is -3.62. The number of esters is 1. The van der Waals surface area contributed by atoms with E-state index in [-0.39, 0.29) is 11.9 Å². The van der Waals surface area contributed by atoms with Crippen molar-refractivity contribution in [2.75, 3.05) is 13.1 Å². The van der Waals surface area contributed by atoms with Crippen LogP contribution >= 0.6 is 15.9 Å². The number of pyridine rings is 1. The molecule has 8 heteroatoms. The zero-order valence-electron chi connectivity index (χ0n) is 17.0. The van der Waals surface area contributed by atoms with Crippen LogP contribution in [0.2, 0.25) is 0 Å². The number of carbonyl (C=O) groups excluding carboxylic acids is 1. The minimum Gasteiger partial charge on any atom is -0.423 e. The molecule has 0 radical (unpaired) electrons. The number of sulfonamides is 1. The molecule has 1 saturated heterocycles. The standard InChI is InChI=1S/C21H25BrN2O4S/c1-13-12-14(2)16(4)19(15(13)3)29(26,27)24-10-7-17(8-11-24)21(25)28-18-6-5-9-23-20(18)22/h5-6,9,12,17H,7-8,10-11H2,1-4H3. The van der Waals surface area contributed by atoms with Gasteiger partial charge in [0.15, 0.2) is 5.75 Å². The van der Waals surface area contributed by atoms with Gasteiger partial charge < -0.3 is 4.74 Å². The molecule has 0 bridgehead atoms. The van der Waals surface area contributed by atoms with E-state index in [1.165, 1.54) is 4.31 Å². The topological polar surface area (TPSA) is 76.6 Å². The van der Waals surface area contributed by atoms with Crippen LogP contribution in [-0.4, -0.2) is 36.8 Å². The van der Waals surface area contributed by atoms with Gasteiger partial charge in [-0.2, -0.15) is 4.31 Å². The number of piperidine rings is 1. The van der Waals surface area contributed by atoms with Crippen molar-refractivity contribution >= 4 is 31.9 Å². The van der Waals surface area contributed by atoms with Crippen LogP contribution in [0.4, 0.5) is 0 Å². The fourth-order valence-corrected chi connectivity index (χ4v) is 6.04. The lowest BCUT2D eigenvalue weighted by Gasteiger charge is -2.31. The highest BCUT2D eigenvalue weighted by molar-refractivity contribution is 9.10. The summed E-state index contributed by atoms with van der Waals surface area (Å²) in [5.74, 6) is -0.321. The van der Waals surface area contributed by atoms with E-state index in [9.17, 15) is 13.2 Å². The summed E-state index contributed by atoms with van der Waals surface area (Å²) in [6.07, 6.45) is 2.46. The van der Waals surface area contributed by atoms with Crippen LogP contribution in [0.5, 0.6) is 5.75 Å². The van der Waals surface area contributed by atoms with E-state index in [1.54, 1.807) is 18.3 Å². The molecular weight excluding hydrogens is 456 g/mol. The number of hydrogen-bond acceptors (Lipinski definition) is 5. The third-order valence-corrected chi connectivity index (χ3v) is 8.39. The normalized spacial score (nSPS) is 16.0. The first kappa shape index (κ1) is 21.9. The van der Waals surface area contributed by atoms with Crippen molar-refractivity contribution in [2.24, 2.45) is 5.92 Å². The first-order valence-electron chi connectivity index (χ1n) is 9.52. The first-order valence-corrected chi connectivity index (χ1v) is 11.8. The van der Waals surface area contributed by atoms with E-state index < -0.39 is 10.0 Å². The first-order chi connectivity index (χ1) is 13.6. The summed E-state index contributed by atoms with van der Waals surface area (Å²) in [5.41, 5.74) is 3.51. The average molecular weight is 481 g/mol. The Morgan fingerprint density at radius 1 is 1.14 bits per heavy atom. The maximum absolute atomic E-state index is 13.3. The van der Waals surface area contributed by atoms with Crippen LogP contribution in [0.25, 0.3) is 0 Å². The van der Waals surface area contributed by atoms with Crippen LogP contribution in [0.1, 0.15) is 35.1 Å². The van der Waals surface area contributed by atoms with Crippen LogP contribution in [0, 0.1) is 33.6 Å². The Hall–Kier alpha value is -1.77. The molecule has 0 saturated carbocycles. The van der Waals surface area contributed by atoms with E-state index in [2.05, 4.69) is 20.9 Å². The van der Waals surface area contributed by atoms with Crippen LogP contribution < -0.4 is 4.74 Å². The second-order valence-corrected chi connectivity index (χ2v) is 10.1. The lowest BCUT2D eigenvalue weighted by molar-refractivity contribution is -0.140. The molecule has 2 heterocycles. The SMILES string of the molecule is Cc1cc(C)c(C)c(S(=O)(=O)N2CCC(C(=O)Oc3cccnc3Br)CC2)c1C. The van der Waals surface area contributed by atoms with Gasteiger partial charge in [0.1, 0.15) is 4.60 Å². The largest absolute Gasteiger partial charge is 0.423 e. The van der Waals surface area contributed by atoms with E-state index in [1.807, 2.05) is 33.8 Å². The van der Waals surface area contributed by atoms with Gasteiger partial charge in [0.05, 0.1) is 10.8 Å². The summed E-state index contributed by atoms with van der Waals surface area (Å²) in [5, 5.41) is 0. The van der Waals surface area contributed by atoms with E-state index >= 15 is 0 Å². The molecule has 1 fully saturated rings. The maximum atomic E-state index is 13.3. The zero-order chi connectivity index (χ0) is 21.3. The zero-order valence-corrected chi connectivity index (χ0v) is 19.4. The molecule has 1 aliphatic rings. The fraction of sp³-hybridized carbons (Fsp3) is 0.429. The summed E-state index contributed by atoms with van der Waals surface area (Å²) >= 11 is 3.26. The summed E-state index contributed by atoms with van der Waals surface area (Å²) in [6.45, 7) is 8.15. The number of carbonyl (C=O) groups is 1. The summed E-state index contributed by atoms with van der Waals surface area (Å²) < 4.78 is 34.1. The smallest absolute Gasteiger partial charge is 0.314 e. The Kier molecular flexibility index (Phi) is 6.45. The Labute approximate surface area is 180 Å². The third kappa shape index (κ3) is 4.39. The third-order valence-electron chi connectivity index (χ3n) is 5.62. The predicted molar refractivity (Wildman–Crippen MR) is 114 cm³/mol. The Bertz CT molecular complexity index is 1020. The van der Waals surface area contributed by atoms with Crippen molar-refractivity contribution in [3.05, 3.63) is 51.3 Å². The van der Waals surface area contributed by atoms with Gasteiger partial charge in [0.25, 0.3) is 0 Å². The van der Waals surface area contributed by atoms with E-state index in [0.717, 1.165) is 22.3 Å². The van der Waals surface area contributed by atoms with Gasteiger partial charge in [-0.15, -0.1) is 0 Å². The Morgan fingerprint density at radius 3 is 2.28 bits per heavy atom. The van der Waals surface area contributed by atoms with Crippen molar-refractivity contribution in [3.63, 3.8) is 0 Å². The molecule has 0 spiro atoms. The summed E-state index contributed by atoms with van der Waals surface area (Å²) in [4.78, 5) is 16.9. The molecule has 0 aliphatic carbocycles. The molecule has 6 nitrogen and oxygen atoms in total. The number of benzene rings is 1. The second-order valence-electron chi connectivity index (χ2n) is 7.48.